The fourth-order valence-electron chi connectivity index (χ4n) is 2.71. The molecule has 1 fully saturated rings. The van der Waals surface area contributed by atoms with E-state index in [4.69, 9.17) is 4.74 Å². The Morgan fingerprint density at radius 1 is 1.36 bits per heavy atom. The van der Waals surface area contributed by atoms with Crippen LogP contribution in [0.15, 0.2) is 16.6 Å². The number of ether oxygens (including phenoxy) is 1. The maximum Gasteiger partial charge on any atom is 0.410 e. The van der Waals surface area contributed by atoms with Crippen LogP contribution in [0.1, 0.15) is 49.5 Å². The summed E-state index contributed by atoms with van der Waals surface area (Å²) in [5.74, 6) is -1.06. The lowest BCUT2D eigenvalue weighted by Gasteiger charge is -2.34. The molecule has 1 aromatic carbocycles. The molecule has 1 atom stereocenters. The van der Waals surface area contributed by atoms with Crippen LogP contribution in [0.5, 0.6) is 0 Å². The summed E-state index contributed by atoms with van der Waals surface area (Å²) in [5, 5.41) is 2.83. The molecule has 0 aromatic heterocycles. The summed E-state index contributed by atoms with van der Waals surface area (Å²) in [5.41, 5.74) is 0.211. The SMILES string of the molecule is Cc1ccc(F)c(C(=O)N[C@H]2CCCN(C(=O)OC(C)(C)C)C2)c1Br. The van der Waals surface area contributed by atoms with Gasteiger partial charge < -0.3 is 15.0 Å². The molecular formula is C18H24BrFN2O3. The molecule has 2 amide bonds. The van der Waals surface area contributed by atoms with E-state index in [2.05, 4.69) is 21.2 Å². The van der Waals surface area contributed by atoms with Crippen LogP contribution in [-0.2, 0) is 4.74 Å². The van der Waals surface area contributed by atoms with E-state index in [0.29, 0.717) is 17.6 Å². The summed E-state index contributed by atoms with van der Waals surface area (Å²) in [6, 6.07) is 2.66. The number of aryl methyl sites for hydroxylation is 1. The molecule has 0 bridgehead atoms. The van der Waals surface area contributed by atoms with Crippen LogP contribution < -0.4 is 5.32 Å². The Morgan fingerprint density at radius 2 is 2.04 bits per heavy atom. The third-order valence-corrected chi connectivity index (χ3v) is 4.94. The molecule has 1 N–H and O–H groups in total. The number of piperidine rings is 1. The van der Waals surface area contributed by atoms with Gasteiger partial charge in [-0.3, -0.25) is 4.79 Å². The van der Waals surface area contributed by atoms with Gasteiger partial charge in [0.2, 0.25) is 0 Å². The predicted molar refractivity (Wildman–Crippen MR) is 97.1 cm³/mol. The van der Waals surface area contributed by atoms with E-state index in [1.54, 1.807) is 17.9 Å². The summed E-state index contributed by atoms with van der Waals surface area (Å²) in [6.07, 6.45) is 1.09. The largest absolute Gasteiger partial charge is 0.444 e. The summed E-state index contributed by atoms with van der Waals surface area (Å²) in [7, 11) is 0. The number of hydrogen-bond acceptors (Lipinski definition) is 3. The molecule has 1 aliphatic heterocycles. The second-order valence-electron chi connectivity index (χ2n) is 7.29. The van der Waals surface area contributed by atoms with Gasteiger partial charge in [-0.05, 0) is 68.1 Å². The number of likely N-dealkylation sites (tertiary alicyclic amines) is 1. The average molecular weight is 415 g/mol. The Kier molecular flexibility index (Phi) is 6.08. The summed E-state index contributed by atoms with van der Waals surface area (Å²) in [6.45, 7) is 8.17. The molecule has 1 saturated heterocycles. The van der Waals surface area contributed by atoms with Crippen molar-refractivity contribution in [3.63, 3.8) is 0 Å². The molecule has 0 aliphatic carbocycles. The minimum absolute atomic E-state index is 0.00519. The highest BCUT2D eigenvalue weighted by atomic mass is 79.9. The van der Waals surface area contributed by atoms with Gasteiger partial charge in [-0.25, -0.2) is 9.18 Å². The van der Waals surface area contributed by atoms with Crippen LogP contribution in [0.25, 0.3) is 0 Å². The minimum Gasteiger partial charge on any atom is -0.444 e. The van der Waals surface area contributed by atoms with Crippen LogP contribution >= 0.6 is 15.9 Å². The van der Waals surface area contributed by atoms with Gasteiger partial charge in [-0.15, -0.1) is 0 Å². The minimum atomic E-state index is -0.574. The van der Waals surface area contributed by atoms with Crippen LogP contribution in [0.4, 0.5) is 9.18 Å². The van der Waals surface area contributed by atoms with E-state index in [-0.39, 0.29) is 11.6 Å². The number of hydrogen-bond donors (Lipinski definition) is 1. The number of nitrogens with one attached hydrogen (secondary N) is 1. The van der Waals surface area contributed by atoms with Crippen molar-refractivity contribution in [1.29, 1.82) is 0 Å². The zero-order valence-corrected chi connectivity index (χ0v) is 16.6. The van der Waals surface area contributed by atoms with Crippen LogP contribution in [0.2, 0.25) is 0 Å². The topological polar surface area (TPSA) is 58.6 Å². The van der Waals surface area contributed by atoms with Crippen molar-refractivity contribution in [3.05, 3.63) is 33.5 Å². The predicted octanol–water partition coefficient (Wildman–Crippen LogP) is 4.03. The highest BCUT2D eigenvalue weighted by Gasteiger charge is 2.29. The van der Waals surface area contributed by atoms with Gasteiger partial charge in [-0.2, -0.15) is 0 Å². The first kappa shape index (κ1) is 19.7. The van der Waals surface area contributed by atoms with Crippen molar-refractivity contribution in [2.24, 2.45) is 0 Å². The molecule has 0 unspecified atom stereocenters. The van der Waals surface area contributed by atoms with Gasteiger partial charge in [-0.1, -0.05) is 6.07 Å². The molecule has 0 radical (unpaired) electrons. The van der Waals surface area contributed by atoms with Gasteiger partial charge in [0, 0.05) is 23.6 Å². The van der Waals surface area contributed by atoms with Gasteiger partial charge in [0.25, 0.3) is 5.91 Å². The van der Waals surface area contributed by atoms with Crippen LogP contribution in [0, 0.1) is 12.7 Å². The van der Waals surface area contributed by atoms with E-state index in [1.807, 2.05) is 20.8 Å². The molecule has 0 saturated carbocycles. The lowest BCUT2D eigenvalue weighted by Crippen LogP contribution is -2.50. The molecule has 25 heavy (non-hydrogen) atoms. The number of carbonyl (C=O) groups excluding carboxylic acids is 2. The number of benzene rings is 1. The lowest BCUT2D eigenvalue weighted by molar-refractivity contribution is 0.0185. The van der Waals surface area contributed by atoms with Gasteiger partial charge in [0.05, 0.1) is 5.56 Å². The maximum absolute atomic E-state index is 14.1. The molecule has 1 aliphatic rings. The van der Waals surface area contributed by atoms with Crippen molar-refractivity contribution < 1.29 is 18.7 Å². The molecular weight excluding hydrogens is 391 g/mol. The number of carbonyl (C=O) groups is 2. The first-order valence-electron chi connectivity index (χ1n) is 8.32. The van der Waals surface area contributed by atoms with Crippen molar-refractivity contribution >= 4 is 27.9 Å². The quantitative estimate of drug-likeness (QED) is 0.794. The van der Waals surface area contributed by atoms with Crippen molar-refractivity contribution in [1.82, 2.24) is 10.2 Å². The third-order valence-electron chi connectivity index (χ3n) is 3.92. The first-order chi connectivity index (χ1) is 11.6. The maximum atomic E-state index is 14.1. The molecule has 138 valence electrons. The highest BCUT2D eigenvalue weighted by Crippen LogP contribution is 2.24. The highest BCUT2D eigenvalue weighted by molar-refractivity contribution is 9.10. The Balaban J connectivity index is 2.04. The van der Waals surface area contributed by atoms with E-state index in [1.165, 1.54) is 6.07 Å². The van der Waals surface area contributed by atoms with Crippen molar-refractivity contribution in [2.45, 2.75) is 52.2 Å². The summed E-state index contributed by atoms with van der Waals surface area (Å²) < 4.78 is 19.9. The molecule has 2 rings (SSSR count). The Hall–Kier alpha value is -1.63. The summed E-state index contributed by atoms with van der Waals surface area (Å²) in [4.78, 5) is 26.3. The molecule has 0 spiro atoms. The standard InChI is InChI=1S/C18H24BrFN2O3/c1-11-7-8-13(20)14(15(11)19)16(23)21-12-6-5-9-22(10-12)17(24)25-18(2,3)4/h7-8,12H,5-6,9-10H2,1-4H3,(H,21,23)/t12-/m0/s1. The average Bonchev–Trinajstić information content (AvgIpc) is 2.50. The zero-order chi connectivity index (χ0) is 18.8. The van der Waals surface area contributed by atoms with Gasteiger partial charge >= 0.3 is 6.09 Å². The molecule has 1 aromatic rings. The number of nitrogens with zero attached hydrogens (tertiary/aromatic N) is 1. The van der Waals surface area contributed by atoms with Crippen LogP contribution in [-0.4, -0.2) is 41.6 Å². The fourth-order valence-corrected chi connectivity index (χ4v) is 3.21. The summed E-state index contributed by atoms with van der Waals surface area (Å²) >= 11 is 3.28. The van der Waals surface area contributed by atoms with Crippen molar-refractivity contribution in [3.8, 4) is 0 Å². The lowest BCUT2D eigenvalue weighted by atomic mass is 10.0. The van der Waals surface area contributed by atoms with E-state index in [9.17, 15) is 14.0 Å². The number of rotatable bonds is 2. The molecule has 1 heterocycles. The smallest absolute Gasteiger partial charge is 0.410 e. The van der Waals surface area contributed by atoms with Crippen molar-refractivity contribution in [2.75, 3.05) is 13.1 Å². The van der Waals surface area contributed by atoms with Crippen LogP contribution in [0.3, 0.4) is 0 Å². The zero-order valence-electron chi connectivity index (χ0n) is 15.0. The Bertz CT molecular complexity index is 673. The Labute approximate surface area is 156 Å². The van der Waals surface area contributed by atoms with E-state index >= 15 is 0 Å². The normalized spacial score (nSPS) is 18.0. The van der Waals surface area contributed by atoms with E-state index in [0.717, 1.165) is 18.4 Å². The second kappa shape index (κ2) is 7.72. The molecule has 7 heteroatoms. The molecule has 5 nitrogen and oxygen atoms in total. The first-order valence-corrected chi connectivity index (χ1v) is 9.11. The van der Waals surface area contributed by atoms with Gasteiger partial charge in [0.1, 0.15) is 11.4 Å². The second-order valence-corrected chi connectivity index (χ2v) is 8.09. The third kappa shape index (κ3) is 5.17. The number of halogens is 2. The fraction of sp³-hybridized carbons (Fsp3) is 0.556. The Morgan fingerprint density at radius 3 is 2.68 bits per heavy atom. The monoisotopic (exact) mass is 414 g/mol. The van der Waals surface area contributed by atoms with Gasteiger partial charge in [0.15, 0.2) is 0 Å². The number of amides is 2. The van der Waals surface area contributed by atoms with E-state index < -0.39 is 23.4 Å².